The van der Waals surface area contributed by atoms with Crippen LogP contribution >= 0.6 is 0 Å². The molecule has 1 aliphatic carbocycles. The first-order valence-electron chi connectivity index (χ1n) is 5.85. The maximum absolute atomic E-state index is 11.5. The molecule has 0 aromatic rings. The molecular weight excluding hydrogens is 206 g/mol. The lowest BCUT2D eigenvalue weighted by molar-refractivity contribution is -0.112. The van der Waals surface area contributed by atoms with Crippen LogP contribution in [0.3, 0.4) is 0 Å². The molecule has 1 N–H and O–H groups in total. The number of nitrogens with one attached hydrogen (secondary N) is 1. The van der Waals surface area contributed by atoms with Crippen molar-refractivity contribution in [3.63, 3.8) is 0 Å². The van der Waals surface area contributed by atoms with Gasteiger partial charge in [0.1, 0.15) is 12.4 Å². The zero-order valence-electron chi connectivity index (χ0n) is 10.3. The molecule has 16 heavy (non-hydrogen) atoms. The lowest BCUT2D eigenvalue weighted by Crippen LogP contribution is -2.42. The predicted molar refractivity (Wildman–Crippen MR) is 61.2 cm³/mol. The first-order chi connectivity index (χ1) is 7.40. The van der Waals surface area contributed by atoms with E-state index in [1.54, 1.807) is 0 Å². The molecule has 0 spiro atoms. The number of alkyl carbamates (subject to hydrolysis) is 1. The lowest BCUT2D eigenvalue weighted by Gasteiger charge is -2.27. The van der Waals surface area contributed by atoms with Gasteiger partial charge in [-0.1, -0.05) is 0 Å². The molecule has 1 fully saturated rings. The van der Waals surface area contributed by atoms with Crippen LogP contribution in [0.5, 0.6) is 0 Å². The average Bonchev–Trinajstić information content (AvgIpc) is 2.16. The zero-order chi connectivity index (χ0) is 12.2. The fourth-order valence-electron chi connectivity index (χ4n) is 1.83. The molecule has 0 aromatic heterocycles. The van der Waals surface area contributed by atoms with Gasteiger partial charge in [0.05, 0.1) is 0 Å². The largest absolute Gasteiger partial charge is 0.446 e. The highest BCUT2D eigenvalue weighted by atomic mass is 16.6. The van der Waals surface area contributed by atoms with Gasteiger partial charge in [-0.25, -0.2) is 4.79 Å². The molecule has 0 radical (unpaired) electrons. The van der Waals surface area contributed by atoms with Gasteiger partial charge in [0.15, 0.2) is 0 Å². The molecule has 1 aliphatic rings. The molecule has 0 aliphatic heterocycles. The Hall–Kier alpha value is -1.06. The minimum atomic E-state index is -0.359. The number of ether oxygens (including phenoxy) is 1. The third-order valence-corrected chi connectivity index (χ3v) is 2.66. The summed E-state index contributed by atoms with van der Waals surface area (Å²) in [4.78, 5) is 22.0. The summed E-state index contributed by atoms with van der Waals surface area (Å²) >= 11 is 0. The van der Waals surface area contributed by atoms with Gasteiger partial charge in [-0.15, -0.1) is 0 Å². The fraction of sp³-hybridized carbons (Fsp3) is 0.833. The molecule has 1 rings (SSSR count). The summed E-state index contributed by atoms with van der Waals surface area (Å²) in [5.41, 5.74) is -0.267. The van der Waals surface area contributed by atoms with E-state index in [1.165, 1.54) is 0 Å². The maximum atomic E-state index is 11.5. The van der Waals surface area contributed by atoms with E-state index < -0.39 is 0 Å². The SMILES string of the molecule is CC(C)(C)NC(=O)OC1CCC(C=O)CC1. The monoisotopic (exact) mass is 227 g/mol. The molecule has 4 nitrogen and oxygen atoms in total. The van der Waals surface area contributed by atoms with E-state index >= 15 is 0 Å². The van der Waals surface area contributed by atoms with Gasteiger partial charge in [0.25, 0.3) is 0 Å². The van der Waals surface area contributed by atoms with Crippen molar-refractivity contribution in [1.82, 2.24) is 5.32 Å². The van der Waals surface area contributed by atoms with Crippen molar-refractivity contribution in [2.24, 2.45) is 5.92 Å². The van der Waals surface area contributed by atoms with E-state index in [0.717, 1.165) is 32.0 Å². The van der Waals surface area contributed by atoms with Gasteiger partial charge < -0.3 is 14.8 Å². The Morgan fingerprint density at radius 1 is 1.25 bits per heavy atom. The molecule has 0 saturated heterocycles. The number of hydrogen-bond donors (Lipinski definition) is 1. The Balaban J connectivity index is 2.28. The second-order valence-corrected chi connectivity index (χ2v) is 5.45. The number of amides is 1. The summed E-state index contributed by atoms with van der Waals surface area (Å²) in [5.74, 6) is 0.158. The summed E-state index contributed by atoms with van der Waals surface area (Å²) in [6, 6.07) is 0. The highest BCUT2D eigenvalue weighted by Crippen LogP contribution is 2.24. The van der Waals surface area contributed by atoms with Crippen molar-refractivity contribution < 1.29 is 14.3 Å². The van der Waals surface area contributed by atoms with Gasteiger partial charge in [-0.05, 0) is 46.5 Å². The minimum Gasteiger partial charge on any atom is -0.446 e. The third-order valence-electron chi connectivity index (χ3n) is 2.66. The predicted octanol–water partition coefficient (Wildman–Crippen LogP) is 2.27. The normalized spacial score (nSPS) is 25.9. The third kappa shape index (κ3) is 4.64. The van der Waals surface area contributed by atoms with Crippen LogP contribution in [0.1, 0.15) is 46.5 Å². The molecule has 0 atom stereocenters. The van der Waals surface area contributed by atoms with Crippen molar-refractivity contribution >= 4 is 12.4 Å². The number of carbonyl (C=O) groups excluding carboxylic acids is 2. The van der Waals surface area contributed by atoms with E-state index in [9.17, 15) is 9.59 Å². The van der Waals surface area contributed by atoms with Crippen molar-refractivity contribution in [2.45, 2.75) is 58.1 Å². The Morgan fingerprint density at radius 3 is 2.25 bits per heavy atom. The number of rotatable bonds is 2. The number of hydrogen-bond acceptors (Lipinski definition) is 3. The van der Waals surface area contributed by atoms with Gasteiger partial charge in [0.2, 0.25) is 0 Å². The molecule has 0 heterocycles. The van der Waals surface area contributed by atoms with Crippen LogP contribution in [-0.4, -0.2) is 24.0 Å². The molecule has 0 unspecified atom stereocenters. The van der Waals surface area contributed by atoms with E-state index in [0.29, 0.717) is 0 Å². The molecule has 0 bridgehead atoms. The summed E-state index contributed by atoms with van der Waals surface area (Å²) in [6.07, 6.45) is 3.86. The number of carbonyl (C=O) groups is 2. The fourth-order valence-corrected chi connectivity index (χ4v) is 1.83. The van der Waals surface area contributed by atoms with Crippen LogP contribution < -0.4 is 5.32 Å². The summed E-state index contributed by atoms with van der Waals surface area (Å²) < 4.78 is 5.29. The van der Waals surface area contributed by atoms with E-state index in [2.05, 4.69) is 5.32 Å². The van der Waals surface area contributed by atoms with Crippen LogP contribution in [0, 0.1) is 5.92 Å². The Morgan fingerprint density at radius 2 is 1.81 bits per heavy atom. The van der Waals surface area contributed by atoms with Gasteiger partial charge in [0, 0.05) is 11.5 Å². The molecule has 92 valence electrons. The van der Waals surface area contributed by atoms with Crippen molar-refractivity contribution in [3.8, 4) is 0 Å². The van der Waals surface area contributed by atoms with Crippen molar-refractivity contribution in [3.05, 3.63) is 0 Å². The highest BCUT2D eigenvalue weighted by Gasteiger charge is 2.24. The van der Waals surface area contributed by atoms with Crippen LogP contribution in [0.4, 0.5) is 4.79 Å². The zero-order valence-corrected chi connectivity index (χ0v) is 10.3. The molecule has 1 saturated carbocycles. The standard InChI is InChI=1S/C12H21NO3/c1-12(2,3)13-11(15)16-10-6-4-9(8-14)5-7-10/h8-10H,4-7H2,1-3H3,(H,13,15). The first kappa shape index (κ1) is 13.0. The van der Waals surface area contributed by atoms with Gasteiger partial charge in [-0.3, -0.25) is 0 Å². The van der Waals surface area contributed by atoms with Crippen molar-refractivity contribution in [1.29, 1.82) is 0 Å². The van der Waals surface area contributed by atoms with Crippen LogP contribution in [0.2, 0.25) is 0 Å². The summed E-state index contributed by atoms with van der Waals surface area (Å²) in [7, 11) is 0. The topological polar surface area (TPSA) is 55.4 Å². The first-order valence-corrected chi connectivity index (χ1v) is 5.85. The molecule has 4 heteroatoms. The lowest BCUT2D eigenvalue weighted by atomic mass is 9.88. The smallest absolute Gasteiger partial charge is 0.407 e. The summed E-state index contributed by atoms with van der Waals surface area (Å²) in [5, 5.41) is 2.76. The Kier molecular flexibility index (Phi) is 4.33. The van der Waals surface area contributed by atoms with E-state index in [-0.39, 0.29) is 23.7 Å². The van der Waals surface area contributed by atoms with Gasteiger partial charge >= 0.3 is 6.09 Å². The Bertz CT molecular complexity index is 249. The Labute approximate surface area is 96.7 Å². The molecule has 0 aromatic carbocycles. The van der Waals surface area contributed by atoms with Crippen LogP contribution in [0.25, 0.3) is 0 Å². The molecular formula is C12H21NO3. The second kappa shape index (κ2) is 5.32. The van der Waals surface area contributed by atoms with Crippen molar-refractivity contribution in [2.75, 3.05) is 0 Å². The quantitative estimate of drug-likeness (QED) is 0.736. The summed E-state index contributed by atoms with van der Waals surface area (Å²) in [6.45, 7) is 5.74. The number of aldehydes is 1. The van der Waals surface area contributed by atoms with Gasteiger partial charge in [-0.2, -0.15) is 0 Å². The van der Waals surface area contributed by atoms with E-state index in [4.69, 9.17) is 4.74 Å². The maximum Gasteiger partial charge on any atom is 0.407 e. The van der Waals surface area contributed by atoms with E-state index in [1.807, 2.05) is 20.8 Å². The molecule has 1 amide bonds. The second-order valence-electron chi connectivity index (χ2n) is 5.45. The minimum absolute atomic E-state index is 0.0291. The van der Waals surface area contributed by atoms with Crippen LogP contribution in [0.15, 0.2) is 0 Å². The van der Waals surface area contributed by atoms with Crippen LogP contribution in [-0.2, 0) is 9.53 Å². The average molecular weight is 227 g/mol. The highest BCUT2D eigenvalue weighted by molar-refractivity contribution is 5.68.